The fraction of sp³-hybridized carbons (Fsp3) is 0.308. The van der Waals surface area contributed by atoms with Gasteiger partial charge in [-0.25, -0.2) is 9.18 Å². The largest absolute Gasteiger partial charge is 0.506 e. The lowest BCUT2D eigenvalue weighted by molar-refractivity contribution is 0.0547. The standard InChI is InChI=1S/C13H14BBrFNO4/c1-13(2,3)21-12(18)17-9-5-4-8(16)11(15)7(9)6-10(17)14(19)20/h4-6,19-20H,1-3H3. The predicted octanol–water partition coefficient (Wildman–Crippen LogP) is 2.01. The number of halogens is 2. The topological polar surface area (TPSA) is 71.7 Å². The van der Waals surface area contributed by atoms with Gasteiger partial charge in [0.05, 0.1) is 15.6 Å². The Hall–Kier alpha value is -1.38. The molecule has 0 amide bonds. The molecule has 21 heavy (non-hydrogen) atoms. The van der Waals surface area contributed by atoms with Crippen LogP contribution in [-0.2, 0) is 4.74 Å². The number of fused-ring (bicyclic) bond motifs is 1. The van der Waals surface area contributed by atoms with Gasteiger partial charge in [0.15, 0.2) is 0 Å². The molecule has 0 saturated heterocycles. The van der Waals surface area contributed by atoms with Gasteiger partial charge in [0, 0.05) is 5.39 Å². The fourth-order valence-corrected chi connectivity index (χ4v) is 2.39. The van der Waals surface area contributed by atoms with E-state index in [2.05, 4.69) is 15.9 Å². The van der Waals surface area contributed by atoms with Crippen LogP contribution in [0.2, 0.25) is 0 Å². The van der Waals surface area contributed by atoms with Crippen LogP contribution < -0.4 is 5.59 Å². The maximum atomic E-state index is 13.6. The highest BCUT2D eigenvalue weighted by atomic mass is 79.9. The Labute approximate surface area is 129 Å². The van der Waals surface area contributed by atoms with Crippen molar-refractivity contribution in [3.8, 4) is 0 Å². The summed E-state index contributed by atoms with van der Waals surface area (Å²) in [6.07, 6.45) is -0.765. The first-order valence-electron chi connectivity index (χ1n) is 6.20. The number of aromatic nitrogens is 1. The molecule has 112 valence electrons. The Bertz CT molecular complexity index is 708. The first-order chi connectivity index (χ1) is 9.61. The van der Waals surface area contributed by atoms with Gasteiger partial charge in [0.1, 0.15) is 11.4 Å². The van der Waals surface area contributed by atoms with E-state index in [0.717, 1.165) is 4.57 Å². The van der Waals surface area contributed by atoms with Crippen molar-refractivity contribution in [2.45, 2.75) is 26.4 Å². The van der Waals surface area contributed by atoms with Crippen molar-refractivity contribution in [1.29, 1.82) is 0 Å². The second-order valence-electron chi connectivity index (χ2n) is 5.55. The molecule has 8 heteroatoms. The quantitative estimate of drug-likeness (QED) is 0.766. The van der Waals surface area contributed by atoms with Gasteiger partial charge in [-0.3, -0.25) is 4.57 Å². The number of hydrogen-bond acceptors (Lipinski definition) is 4. The summed E-state index contributed by atoms with van der Waals surface area (Å²) < 4.78 is 20.0. The molecular weight excluding hydrogens is 344 g/mol. The van der Waals surface area contributed by atoms with Crippen LogP contribution in [0.5, 0.6) is 0 Å². The van der Waals surface area contributed by atoms with Gasteiger partial charge in [-0.2, -0.15) is 0 Å². The first kappa shape index (κ1) is 16.0. The maximum Gasteiger partial charge on any atom is 0.506 e. The molecule has 2 N–H and O–H groups in total. The maximum absolute atomic E-state index is 13.6. The second kappa shape index (κ2) is 5.44. The van der Waals surface area contributed by atoms with Crippen LogP contribution in [0.15, 0.2) is 22.7 Å². The zero-order valence-corrected chi connectivity index (χ0v) is 13.3. The highest BCUT2D eigenvalue weighted by Gasteiger charge is 2.28. The Morgan fingerprint density at radius 1 is 1.38 bits per heavy atom. The van der Waals surface area contributed by atoms with Crippen molar-refractivity contribution in [3.63, 3.8) is 0 Å². The predicted molar refractivity (Wildman–Crippen MR) is 81.1 cm³/mol. The van der Waals surface area contributed by atoms with Gasteiger partial charge >= 0.3 is 13.2 Å². The summed E-state index contributed by atoms with van der Waals surface area (Å²) in [4.78, 5) is 12.3. The van der Waals surface area contributed by atoms with E-state index >= 15 is 0 Å². The van der Waals surface area contributed by atoms with Gasteiger partial charge in [0.2, 0.25) is 0 Å². The molecule has 5 nitrogen and oxygen atoms in total. The number of carbonyl (C=O) groups is 1. The van der Waals surface area contributed by atoms with Gasteiger partial charge in [-0.05, 0) is 54.9 Å². The average Bonchev–Trinajstić information content (AvgIpc) is 2.72. The number of hydrogen-bond donors (Lipinski definition) is 2. The van der Waals surface area contributed by atoms with Crippen molar-refractivity contribution in [2.75, 3.05) is 0 Å². The van der Waals surface area contributed by atoms with E-state index in [-0.39, 0.29) is 10.1 Å². The van der Waals surface area contributed by atoms with Gasteiger partial charge < -0.3 is 14.8 Å². The zero-order chi connectivity index (χ0) is 15.9. The Kier molecular flexibility index (Phi) is 4.14. The van der Waals surface area contributed by atoms with E-state index in [0.29, 0.717) is 10.9 Å². The van der Waals surface area contributed by atoms with Crippen LogP contribution >= 0.6 is 15.9 Å². The Morgan fingerprint density at radius 3 is 2.52 bits per heavy atom. The fourth-order valence-electron chi connectivity index (χ4n) is 1.94. The van der Waals surface area contributed by atoms with Crippen molar-refractivity contribution in [2.24, 2.45) is 0 Å². The molecule has 0 saturated carbocycles. The monoisotopic (exact) mass is 357 g/mol. The Balaban J connectivity index is 2.68. The van der Waals surface area contributed by atoms with E-state index in [9.17, 15) is 19.2 Å². The van der Waals surface area contributed by atoms with Crippen molar-refractivity contribution >= 4 is 45.6 Å². The van der Waals surface area contributed by atoms with Crippen LogP contribution in [0.4, 0.5) is 9.18 Å². The van der Waals surface area contributed by atoms with Gasteiger partial charge in [-0.15, -0.1) is 0 Å². The minimum Gasteiger partial charge on any atom is -0.443 e. The molecule has 0 atom stereocenters. The van der Waals surface area contributed by atoms with Crippen LogP contribution in [0, 0.1) is 5.82 Å². The molecule has 2 rings (SSSR count). The molecule has 1 aromatic heterocycles. The number of ether oxygens (including phenoxy) is 1. The summed E-state index contributed by atoms with van der Waals surface area (Å²) in [6.45, 7) is 5.09. The molecule has 0 aliphatic carbocycles. The number of rotatable bonds is 1. The van der Waals surface area contributed by atoms with Crippen LogP contribution in [0.3, 0.4) is 0 Å². The molecule has 1 aromatic carbocycles. The van der Waals surface area contributed by atoms with E-state index in [1.165, 1.54) is 18.2 Å². The first-order valence-corrected chi connectivity index (χ1v) is 7.00. The molecule has 0 unspecified atom stereocenters. The van der Waals surface area contributed by atoms with Crippen LogP contribution in [0.1, 0.15) is 20.8 Å². The molecule has 0 fully saturated rings. The lowest BCUT2D eigenvalue weighted by Crippen LogP contribution is -2.40. The average molecular weight is 358 g/mol. The number of nitrogens with zero attached hydrogens (tertiary/aromatic N) is 1. The third kappa shape index (κ3) is 3.12. The third-order valence-electron chi connectivity index (χ3n) is 2.74. The number of carbonyl (C=O) groups excluding carboxylic acids is 1. The van der Waals surface area contributed by atoms with Gasteiger partial charge in [0.25, 0.3) is 0 Å². The van der Waals surface area contributed by atoms with Crippen molar-refractivity contribution < 1.29 is 24.0 Å². The van der Waals surface area contributed by atoms with Crippen molar-refractivity contribution in [1.82, 2.24) is 4.57 Å². The number of benzene rings is 1. The summed E-state index contributed by atoms with van der Waals surface area (Å²) in [6, 6.07) is 3.89. The highest BCUT2D eigenvalue weighted by molar-refractivity contribution is 9.10. The van der Waals surface area contributed by atoms with E-state index < -0.39 is 24.6 Å². The molecule has 0 aliphatic heterocycles. The van der Waals surface area contributed by atoms with E-state index in [1.807, 2.05) is 0 Å². The molecule has 0 radical (unpaired) electrons. The summed E-state index contributed by atoms with van der Waals surface area (Å²) in [7, 11) is -1.89. The van der Waals surface area contributed by atoms with E-state index in [4.69, 9.17) is 4.74 Å². The minimum atomic E-state index is -1.89. The van der Waals surface area contributed by atoms with Crippen LogP contribution in [0.25, 0.3) is 10.9 Å². The molecule has 1 heterocycles. The SMILES string of the molecule is CC(C)(C)OC(=O)n1c(B(O)O)cc2c(Br)c(F)ccc21. The lowest BCUT2D eigenvalue weighted by atomic mass is 9.86. The Morgan fingerprint density at radius 2 is 2.00 bits per heavy atom. The lowest BCUT2D eigenvalue weighted by Gasteiger charge is -2.21. The third-order valence-corrected chi connectivity index (χ3v) is 3.55. The summed E-state index contributed by atoms with van der Waals surface area (Å²) in [5.74, 6) is -0.511. The molecule has 0 aliphatic rings. The summed E-state index contributed by atoms with van der Waals surface area (Å²) in [5.41, 5.74) is -0.519. The van der Waals surface area contributed by atoms with E-state index in [1.54, 1.807) is 20.8 Å². The smallest absolute Gasteiger partial charge is 0.443 e. The molecule has 2 aromatic rings. The molecule has 0 bridgehead atoms. The molecular formula is C13H14BBrFNO4. The minimum absolute atomic E-state index is 0.0921. The van der Waals surface area contributed by atoms with Crippen LogP contribution in [-0.4, -0.2) is 33.4 Å². The van der Waals surface area contributed by atoms with Gasteiger partial charge in [-0.1, -0.05) is 0 Å². The zero-order valence-electron chi connectivity index (χ0n) is 11.7. The summed E-state index contributed by atoms with van der Waals surface area (Å²) >= 11 is 3.08. The molecule has 0 spiro atoms. The normalized spacial score (nSPS) is 11.8. The summed E-state index contributed by atoms with van der Waals surface area (Å²) in [5, 5.41) is 19.2. The van der Waals surface area contributed by atoms with Crippen molar-refractivity contribution in [3.05, 3.63) is 28.5 Å². The highest BCUT2D eigenvalue weighted by Crippen LogP contribution is 2.27. The second-order valence-corrected chi connectivity index (χ2v) is 6.35.